The van der Waals surface area contributed by atoms with E-state index < -0.39 is 0 Å². The lowest BCUT2D eigenvalue weighted by Crippen LogP contribution is -2.52. The maximum Gasteiger partial charge on any atom is 0.268 e. The fraction of sp³-hybridized carbons (Fsp3) is 0.737. The van der Waals surface area contributed by atoms with Gasteiger partial charge in [0.15, 0.2) is 0 Å². The molecule has 3 rings (SSSR count). The molecule has 1 aromatic rings. The summed E-state index contributed by atoms with van der Waals surface area (Å²) in [7, 11) is 1.60. The van der Waals surface area contributed by atoms with Gasteiger partial charge in [-0.2, -0.15) is 5.10 Å². The van der Waals surface area contributed by atoms with E-state index in [9.17, 15) is 9.59 Å². The molecule has 2 aliphatic rings. The highest BCUT2D eigenvalue weighted by Crippen LogP contribution is 2.24. The summed E-state index contributed by atoms with van der Waals surface area (Å²) < 4.78 is 6.40. The number of rotatable bonds is 6. The van der Waals surface area contributed by atoms with Crippen LogP contribution in [-0.4, -0.2) is 84.5 Å². The zero-order valence-electron chi connectivity index (χ0n) is 16.6. The fourth-order valence-electron chi connectivity index (χ4n) is 3.86. The Hall–Kier alpha value is -1.93. The molecular weight excluding hydrogens is 346 g/mol. The first-order chi connectivity index (χ1) is 13.0. The largest absolute Gasteiger partial charge is 0.383 e. The number of hydrogen-bond acceptors (Lipinski definition) is 6. The van der Waals surface area contributed by atoms with Crippen LogP contribution in [0.2, 0.25) is 0 Å². The Bertz CT molecular complexity index is 697. The number of anilines is 1. The highest BCUT2D eigenvalue weighted by atomic mass is 16.5. The van der Waals surface area contributed by atoms with E-state index in [1.165, 1.54) is 4.68 Å². The molecule has 0 bridgehead atoms. The Morgan fingerprint density at radius 2 is 2.00 bits per heavy atom. The Balaban J connectivity index is 1.56. The predicted molar refractivity (Wildman–Crippen MR) is 104 cm³/mol. The molecule has 2 saturated heterocycles. The van der Waals surface area contributed by atoms with Crippen molar-refractivity contribution in [2.45, 2.75) is 32.9 Å². The minimum absolute atomic E-state index is 0.00604. The minimum atomic E-state index is -0.135. The summed E-state index contributed by atoms with van der Waals surface area (Å²) in [5.74, 6) is 0.258. The van der Waals surface area contributed by atoms with Crippen molar-refractivity contribution in [1.82, 2.24) is 19.6 Å². The van der Waals surface area contributed by atoms with Crippen LogP contribution in [0.4, 0.5) is 5.69 Å². The van der Waals surface area contributed by atoms with Crippen LogP contribution in [0.15, 0.2) is 17.1 Å². The Morgan fingerprint density at radius 3 is 2.63 bits per heavy atom. The van der Waals surface area contributed by atoms with Crippen molar-refractivity contribution in [1.29, 1.82) is 0 Å². The molecular formula is C19H31N5O3. The monoisotopic (exact) mass is 377 g/mol. The maximum atomic E-state index is 12.9. The van der Waals surface area contributed by atoms with E-state index in [0.29, 0.717) is 25.7 Å². The third kappa shape index (κ3) is 4.68. The van der Waals surface area contributed by atoms with Crippen molar-refractivity contribution < 1.29 is 9.53 Å². The van der Waals surface area contributed by atoms with E-state index in [4.69, 9.17) is 4.74 Å². The van der Waals surface area contributed by atoms with Gasteiger partial charge in [-0.3, -0.25) is 14.5 Å². The van der Waals surface area contributed by atoms with Gasteiger partial charge in [-0.05, 0) is 20.3 Å². The molecule has 0 N–H and O–H groups in total. The Kier molecular flexibility index (Phi) is 6.49. The van der Waals surface area contributed by atoms with Crippen LogP contribution in [0.1, 0.15) is 20.3 Å². The zero-order chi connectivity index (χ0) is 19.4. The maximum absolute atomic E-state index is 12.9. The van der Waals surface area contributed by atoms with Gasteiger partial charge in [-0.15, -0.1) is 0 Å². The Labute approximate surface area is 160 Å². The number of carbonyl (C=O) groups is 1. The molecule has 2 fully saturated rings. The van der Waals surface area contributed by atoms with Gasteiger partial charge in [0, 0.05) is 58.5 Å². The van der Waals surface area contributed by atoms with Gasteiger partial charge < -0.3 is 14.5 Å². The predicted octanol–water partition coefficient (Wildman–Crippen LogP) is 0.269. The lowest BCUT2D eigenvalue weighted by Gasteiger charge is -2.37. The summed E-state index contributed by atoms with van der Waals surface area (Å²) in [5.41, 5.74) is 0.665. The molecule has 0 aromatic carbocycles. The van der Waals surface area contributed by atoms with Crippen LogP contribution < -0.4 is 10.5 Å². The molecule has 8 nitrogen and oxygen atoms in total. The van der Waals surface area contributed by atoms with E-state index in [2.05, 4.69) is 28.7 Å². The number of amides is 1. The summed E-state index contributed by atoms with van der Waals surface area (Å²) in [6.07, 6.45) is 2.54. The molecule has 150 valence electrons. The van der Waals surface area contributed by atoms with E-state index in [0.717, 1.165) is 44.8 Å². The molecule has 1 unspecified atom stereocenters. The van der Waals surface area contributed by atoms with Crippen molar-refractivity contribution in [2.24, 2.45) is 5.92 Å². The third-order valence-electron chi connectivity index (χ3n) is 5.62. The number of nitrogens with zero attached hydrogens (tertiary/aromatic N) is 5. The fourth-order valence-corrected chi connectivity index (χ4v) is 3.86. The molecule has 2 aliphatic heterocycles. The Morgan fingerprint density at radius 1 is 1.26 bits per heavy atom. The first kappa shape index (κ1) is 19.8. The van der Waals surface area contributed by atoms with E-state index in [-0.39, 0.29) is 17.4 Å². The van der Waals surface area contributed by atoms with Crippen LogP contribution in [-0.2, 0) is 16.1 Å². The molecule has 3 heterocycles. The minimum Gasteiger partial charge on any atom is -0.383 e. The summed E-state index contributed by atoms with van der Waals surface area (Å²) in [5, 5.41) is 4.23. The smallest absolute Gasteiger partial charge is 0.268 e. The number of piperazine rings is 1. The normalized spacial score (nSPS) is 21.3. The van der Waals surface area contributed by atoms with Crippen molar-refractivity contribution >= 4 is 11.6 Å². The van der Waals surface area contributed by atoms with Crippen molar-refractivity contribution in [3.8, 4) is 0 Å². The number of methoxy groups -OCH3 is 1. The van der Waals surface area contributed by atoms with Gasteiger partial charge in [-0.25, -0.2) is 4.68 Å². The van der Waals surface area contributed by atoms with Gasteiger partial charge in [-0.1, -0.05) is 0 Å². The zero-order valence-corrected chi connectivity index (χ0v) is 16.6. The van der Waals surface area contributed by atoms with Crippen LogP contribution in [0.5, 0.6) is 0 Å². The topological polar surface area (TPSA) is 70.9 Å². The van der Waals surface area contributed by atoms with Gasteiger partial charge in [0.2, 0.25) is 5.91 Å². The molecule has 0 saturated carbocycles. The average molecular weight is 377 g/mol. The van der Waals surface area contributed by atoms with Crippen molar-refractivity contribution in [2.75, 3.05) is 57.9 Å². The molecule has 1 aromatic heterocycles. The lowest BCUT2D eigenvalue weighted by molar-refractivity contribution is -0.136. The van der Waals surface area contributed by atoms with E-state index >= 15 is 0 Å². The summed E-state index contributed by atoms with van der Waals surface area (Å²) >= 11 is 0. The quantitative estimate of drug-likeness (QED) is 0.709. The van der Waals surface area contributed by atoms with Crippen molar-refractivity contribution in [3.05, 3.63) is 22.6 Å². The van der Waals surface area contributed by atoms with E-state index in [1.807, 2.05) is 4.90 Å². The molecule has 8 heteroatoms. The van der Waals surface area contributed by atoms with Crippen LogP contribution >= 0.6 is 0 Å². The summed E-state index contributed by atoms with van der Waals surface area (Å²) in [6.45, 7) is 10.3. The van der Waals surface area contributed by atoms with Crippen LogP contribution in [0, 0.1) is 5.92 Å². The molecule has 0 radical (unpaired) electrons. The van der Waals surface area contributed by atoms with Crippen molar-refractivity contribution in [3.63, 3.8) is 0 Å². The number of hydrogen-bond donors (Lipinski definition) is 0. The van der Waals surface area contributed by atoms with E-state index in [1.54, 1.807) is 19.4 Å². The molecule has 1 atom stereocenters. The van der Waals surface area contributed by atoms with Gasteiger partial charge >= 0.3 is 0 Å². The number of aromatic nitrogens is 2. The van der Waals surface area contributed by atoms with Crippen LogP contribution in [0.3, 0.4) is 0 Å². The number of carbonyl (C=O) groups excluding carboxylic acids is 1. The highest BCUT2D eigenvalue weighted by molar-refractivity contribution is 5.80. The summed E-state index contributed by atoms with van der Waals surface area (Å²) in [6, 6.07) is 2.14. The average Bonchev–Trinajstić information content (AvgIpc) is 3.16. The van der Waals surface area contributed by atoms with Gasteiger partial charge in [0.05, 0.1) is 31.0 Å². The molecule has 27 heavy (non-hydrogen) atoms. The molecule has 1 amide bonds. The first-order valence-electron chi connectivity index (χ1n) is 9.83. The summed E-state index contributed by atoms with van der Waals surface area (Å²) in [4.78, 5) is 31.6. The molecule has 0 spiro atoms. The first-order valence-corrected chi connectivity index (χ1v) is 9.83. The second kappa shape index (κ2) is 8.84. The van der Waals surface area contributed by atoms with Gasteiger partial charge in [0.1, 0.15) is 0 Å². The second-order valence-corrected chi connectivity index (χ2v) is 7.65. The van der Waals surface area contributed by atoms with Crippen LogP contribution in [0.25, 0.3) is 0 Å². The second-order valence-electron chi connectivity index (χ2n) is 7.65. The number of ether oxygens (including phenoxy) is 1. The lowest BCUT2D eigenvalue weighted by atomic mass is 10.1. The standard InChI is InChI=1S/C19H31N5O3/c1-15(2)21-6-8-22(9-7-21)19(26)16-4-5-23(14-16)17-12-18(25)24(20-13-17)10-11-27-3/h12-13,15-16H,4-11,14H2,1-3H3. The van der Waals surface area contributed by atoms with Gasteiger partial charge in [0.25, 0.3) is 5.56 Å². The molecule has 0 aliphatic carbocycles. The SMILES string of the molecule is COCCn1ncc(N2CCC(C(=O)N3CCN(C(C)C)CC3)C2)cc1=O. The third-order valence-corrected chi connectivity index (χ3v) is 5.62. The highest BCUT2D eigenvalue weighted by Gasteiger charge is 2.33.